The van der Waals surface area contributed by atoms with Crippen LogP contribution in [0.15, 0.2) is 0 Å². The van der Waals surface area contributed by atoms with E-state index in [1.165, 1.54) is 0 Å². The molecule has 0 saturated carbocycles. The highest BCUT2D eigenvalue weighted by Gasteiger charge is 2.17. The summed E-state index contributed by atoms with van der Waals surface area (Å²) < 4.78 is 0. The van der Waals surface area contributed by atoms with Crippen molar-refractivity contribution in [1.82, 2.24) is 0 Å². The van der Waals surface area contributed by atoms with Crippen molar-refractivity contribution in [3.63, 3.8) is 0 Å². The molecule has 0 amide bonds. The van der Waals surface area contributed by atoms with Crippen LogP contribution >= 0.6 is 0 Å². The van der Waals surface area contributed by atoms with Crippen molar-refractivity contribution < 1.29 is 20.1 Å². The second-order valence-corrected chi connectivity index (χ2v) is 3.40. The lowest BCUT2D eigenvalue weighted by Gasteiger charge is -2.15. The van der Waals surface area contributed by atoms with Gasteiger partial charge in [-0.05, 0) is 30.5 Å². The molecular formula is C11H14O4. The Kier molecular flexibility index (Phi) is 3.44. The predicted molar refractivity (Wildman–Crippen MR) is 54.8 cm³/mol. The van der Waals surface area contributed by atoms with Gasteiger partial charge in [-0.3, -0.25) is 4.79 Å². The van der Waals surface area contributed by atoms with Crippen LogP contribution in [0.25, 0.3) is 0 Å². The molecule has 4 nitrogen and oxygen atoms in total. The smallest absolute Gasteiger partial charge is 0.154 e. The zero-order valence-electron chi connectivity index (χ0n) is 8.74. The van der Waals surface area contributed by atoms with Gasteiger partial charge in [0.25, 0.3) is 0 Å². The molecule has 0 aromatic heterocycles. The fourth-order valence-electron chi connectivity index (χ4n) is 1.72. The molecule has 0 aliphatic rings. The second-order valence-electron chi connectivity index (χ2n) is 3.40. The lowest BCUT2D eigenvalue weighted by atomic mass is 9.93. The summed E-state index contributed by atoms with van der Waals surface area (Å²) in [7, 11) is 0. The highest BCUT2D eigenvalue weighted by atomic mass is 16.3. The van der Waals surface area contributed by atoms with Crippen LogP contribution in [0.4, 0.5) is 0 Å². The molecule has 82 valence electrons. The van der Waals surface area contributed by atoms with Gasteiger partial charge in [-0.15, -0.1) is 0 Å². The van der Waals surface area contributed by atoms with Crippen molar-refractivity contribution in [2.45, 2.75) is 27.1 Å². The van der Waals surface area contributed by atoms with Gasteiger partial charge < -0.3 is 15.3 Å². The van der Waals surface area contributed by atoms with Gasteiger partial charge in [0.2, 0.25) is 0 Å². The van der Waals surface area contributed by atoms with Crippen molar-refractivity contribution in [3.8, 4) is 5.75 Å². The molecule has 0 aliphatic carbocycles. The number of hydrogen-bond donors (Lipinski definition) is 3. The highest BCUT2D eigenvalue weighted by Crippen LogP contribution is 2.31. The molecule has 3 N–H and O–H groups in total. The molecule has 0 heterocycles. The quantitative estimate of drug-likeness (QED) is 0.645. The SMILES string of the molecule is Cc1c(C=O)c(O)c(CO)c(C)c1CO. The maximum absolute atomic E-state index is 10.8. The summed E-state index contributed by atoms with van der Waals surface area (Å²) in [4.78, 5) is 10.8. The molecular weight excluding hydrogens is 196 g/mol. The Balaban J connectivity index is 3.64. The van der Waals surface area contributed by atoms with Crippen LogP contribution < -0.4 is 0 Å². The number of phenols is 1. The Morgan fingerprint density at radius 1 is 1.07 bits per heavy atom. The molecule has 0 spiro atoms. The molecule has 0 radical (unpaired) electrons. The predicted octanol–water partition coefficient (Wildman–Crippen LogP) is 0.806. The van der Waals surface area contributed by atoms with Gasteiger partial charge in [-0.1, -0.05) is 0 Å². The van der Waals surface area contributed by atoms with E-state index in [9.17, 15) is 9.90 Å². The van der Waals surface area contributed by atoms with Crippen LogP contribution in [0, 0.1) is 13.8 Å². The van der Waals surface area contributed by atoms with Crippen molar-refractivity contribution in [2.75, 3.05) is 0 Å². The Morgan fingerprint density at radius 3 is 2.00 bits per heavy atom. The average molecular weight is 210 g/mol. The largest absolute Gasteiger partial charge is 0.507 e. The molecule has 15 heavy (non-hydrogen) atoms. The molecule has 0 atom stereocenters. The first-order valence-corrected chi connectivity index (χ1v) is 4.59. The van der Waals surface area contributed by atoms with Crippen LogP contribution in [0.1, 0.15) is 32.6 Å². The molecule has 0 fully saturated rings. The minimum Gasteiger partial charge on any atom is -0.507 e. The van der Waals surface area contributed by atoms with Crippen molar-refractivity contribution in [1.29, 1.82) is 0 Å². The van der Waals surface area contributed by atoms with E-state index < -0.39 is 0 Å². The number of hydrogen-bond acceptors (Lipinski definition) is 4. The van der Waals surface area contributed by atoms with Gasteiger partial charge in [0.1, 0.15) is 5.75 Å². The first kappa shape index (κ1) is 11.7. The molecule has 0 bridgehead atoms. The van der Waals surface area contributed by atoms with E-state index >= 15 is 0 Å². The minimum absolute atomic E-state index is 0.133. The Bertz CT molecular complexity index is 365. The Labute approximate surface area is 87.8 Å². The first-order valence-electron chi connectivity index (χ1n) is 4.59. The summed E-state index contributed by atoms with van der Waals surface area (Å²) in [5.41, 5.74) is 2.19. The summed E-state index contributed by atoms with van der Waals surface area (Å²) in [6.07, 6.45) is 0.530. The van der Waals surface area contributed by atoms with Gasteiger partial charge in [0, 0.05) is 5.56 Å². The number of aldehydes is 1. The Hall–Kier alpha value is -1.39. The van der Waals surface area contributed by atoms with Crippen LogP contribution in [0.2, 0.25) is 0 Å². The zero-order valence-corrected chi connectivity index (χ0v) is 8.74. The third-order valence-corrected chi connectivity index (χ3v) is 2.74. The first-order chi connectivity index (χ1) is 7.08. The second kappa shape index (κ2) is 4.42. The third kappa shape index (κ3) is 1.73. The van der Waals surface area contributed by atoms with Crippen LogP contribution in [-0.4, -0.2) is 21.6 Å². The number of rotatable bonds is 3. The minimum atomic E-state index is -0.355. The molecule has 1 aromatic rings. The molecule has 1 aromatic carbocycles. The summed E-state index contributed by atoms with van der Waals surface area (Å²) >= 11 is 0. The topological polar surface area (TPSA) is 77.8 Å². The monoisotopic (exact) mass is 210 g/mol. The average Bonchev–Trinajstić information content (AvgIpc) is 2.19. The van der Waals surface area contributed by atoms with Crippen molar-refractivity contribution in [2.24, 2.45) is 0 Å². The number of aromatic hydroxyl groups is 1. The van der Waals surface area contributed by atoms with Gasteiger partial charge in [-0.25, -0.2) is 0 Å². The van der Waals surface area contributed by atoms with E-state index in [-0.39, 0.29) is 24.5 Å². The van der Waals surface area contributed by atoms with Gasteiger partial charge >= 0.3 is 0 Å². The highest BCUT2D eigenvalue weighted by molar-refractivity contribution is 5.83. The van der Waals surface area contributed by atoms with E-state index in [2.05, 4.69) is 0 Å². The standard InChI is InChI=1S/C11H14O4/c1-6-8(3-12)7(2)10(5-14)11(15)9(6)4-13/h4,12,14-15H,3,5H2,1-2H3. The lowest BCUT2D eigenvalue weighted by molar-refractivity contribution is 0.112. The summed E-state index contributed by atoms with van der Waals surface area (Å²) in [6, 6.07) is 0. The maximum atomic E-state index is 10.8. The number of carbonyl (C=O) groups excluding carboxylic acids is 1. The van der Waals surface area contributed by atoms with Crippen molar-refractivity contribution >= 4 is 6.29 Å². The molecule has 0 aliphatic heterocycles. The fourth-order valence-corrected chi connectivity index (χ4v) is 1.72. The van der Waals surface area contributed by atoms with Gasteiger partial charge in [0.05, 0.1) is 18.8 Å². The molecule has 1 rings (SSSR count). The normalized spacial score (nSPS) is 10.4. The summed E-state index contributed by atoms with van der Waals surface area (Å²) in [6.45, 7) is 2.78. The molecule has 0 unspecified atom stereocenters. The van der Waals surface area contributed by atoms with E-state index in [1.807, 2.05) is 0 Å². The van der Waals surface area contributed by atoms with E-state index in [0.717, 1.165) is 0 Å². The fraction of sp³-hybridized carbons (Fsp3) is 0.364. The van der Waals surface area contributed by atoms with Gasteiger partial charge in [-0.2, -0.15) is 0 Å². The van der Waals surface area contributed by atoms with Crippen LogP contribution in [0.3, 0.4) is 0 Å². The third-order valence-electron chi connectivity index (χ3n) is 2.74. The van der Waals surface area contributed by atoms with E-state index in [4.69, 9.17) is 10.2 Å². The van der Waals surface area contributed by atoms with Crippen LogP contribution in [0.5, 0.6) is 5.75 Å². The lowest BCUT2D eigenvalue weighted by Crippen LogP contribution is -2.04. The number of aliphatic hydroxyl groups is 2. The van der Waals surface area contributed by atoms with Crippen molar-refractivity contribution in [3.05, 3.63) is 27.8 Å². The molecule has 4 heteroatoms. The number of aliphatic hydroxyl groups excluding tert-OH is 2. The summed E-state index contributed by atoms with van der Waals surface area (Å²) in [5.74, 6) is -0.195. The van der Waals surface area contributed by atoms with Gasteiger partial charge in [0.15, 0.2) is 6.29 Å². The number of benzene rings is 1. The maximum Gasteiger partial charge on any atom is 0.154 e. The number of carbonyl (C=O) groups is 1. The zero-order chi connectivity index (χ0) is 11.6. The Morgan fingerprint density at radius 2 is 1.60 bits per heavy atom. The van der Waals surface area contributed by atoms with E-state index in [1.54, 1.807) is 13.8 Å². The van der Waals surface area contributed by atoms with Crippen LogP contribution in [-0.2, 0) is 13.2 Å². The summed E-state index contributed by atoms with van der Waals surface area (Å²) in [5, 5.41) is 27.9. The molecule has 0 saturated heterocycles. The van der Waals surface area contributed by atoms with E-state index in [0.29, 0.717) is 28.5 Å².